The third kappa shape index (κ3) is 5.99. The Morgan fingerprint density at radius 2 is 1.61 bits per heavy atom. The maximum absolute atomic E-state index is 12.3. The van der Waals surface area contributed by atoms with Crippen LogP contribution in [0.15, 0.2) is 60.3 Å². The van der Waals surface area contributed by atoms with Gasteiger partial charge in [0.05, 0.1) is 0 Å². The fraction of sp³-hybridized carbons (Fsp3) is 0.227. The molecule has 3 N–H and O–H groups in total. The van der Waals surface area contributed by atoms with Crippen molar-refractivity contribution in [1.29, 1.82) is 5.26 Å². The van der Waals surface area contributed by atoms with E-state index in [0.29, 0.717) is 11.4 Å². The molecule has 0 radical (unpaired) electrons. The van der Waals surface area contributed by atoms with Gasteiger partial charge in [0.15, 0.2) is 0 Å². The Kier molecular flexibility index (Phi) is 7.35. The van der Waals surface area contributed by atoms with E-state index in [1.165, 1.54) is 18.7 Å². The van der Waals surface area contributed by atoms with Gasteiger partial charge in [0.2, 0.25) is 5.91 Å². The largest absolute Gasteiger partial charge is 0.383 e. The Hall–Kier alpha value is -3.59. The van der Waals surface area contributed by atoms with Crippen LogP contribution in [0.3, 0.4) is 0 Å². The summed E-state index contributed by atoms with van der Waals surface area (Å²) in [6.45, 7) is 5.49. The first-order valence-electron chi connectivity index (χ1n) is 9.07. The molecule has 1 atom stereocenters. The highest BCUT2D eigenvalue weighted by Gasteiger charge is 2.11. The van der Waals surface area contributed by atoms with Crippen LogP contribution in [-0.2, 0) is 16.0 Å². The number of benzene rings is 2. The Balaban J connectivity index is 1.99. The number of nitriles is 1. The Morgan fingerprint density at radius 3 is 2.11 bits per heavy atom. The average molecular weight is 376 g/mol. The van der Waals surface area contributed by atoms with Crippen molar-refractivity contribution in [1.82, 2.24) is 5.32 Å². The van der Waals surface area contributed by atoms with Crippen molar-refractivity contribution in [3.05, 3.63) is 71.4 Å². The maximum Gasteiger partial charge on any atom is 0.267 e. The number of nitrogens with zero attached hydrogens (tertiary/aromatic N) is 1. The van der Waals surface area contributed by atoms with Crippen molar-refractivity contribution in [3.63, 3.8) is 0 Å². The molecule has 0 saturated heterocycles. The van der Waals surface area contributed by atoms with Gasteiger partial charge in [0, 0.05) is 30.5 Å². The van der Waals surface area contributed by atoms with Gasteiger partial charge in [-0.3, -0.25) is 9.59 Å². The Morgan fingerprint density at radius 1 is 1.04 bits per heavy atom. The number of hydrogen-bond acceptors (Lipinski definition) is 4. The van der Waals surface area contributed by atoms with E-state index in [1.54, 1.807) is 24.3 Å². The van der Waals surface area contributed by atoms with Crippen LogP contribution in [0.1, 0.15) is 37.9 Å². The second-order valence-electron chi connectivity index (χ2n) is 6.37. The van der Waals surface area contributed by atoms with Gasteiger partial charge in [0.1, 0.15) is 11.6 Å². The van der Waals surface area contributed by atoms with E-state index < -0.39 is 5.91 Å². The van der Waals surface area contributed by atoms with Crippen LogP contribution in [-0.4, -0.2) is 11.8 Å². The molecule has 6 heteroatoms. The predicted octanol–water partition coefficient (Wildman–Crippen LogP) is 3.90. The summed E-state index contributed by atoms with van der Waals surface area (Å²) >= 11 is 0. The standard InChI is InChI=1S/C22H24N4O2/c1-4-17-5-7-18(8-6-17)15(2)24-14-19(13-23)22(28)26-21-11-9-20(10-12-21)25-16(3)27/h5-12,14-15,24H,4H2,1-3H3,(H,25,27)(H,26,28)/b19-14-. The van der Waals surface area contributed by atoms with E-state index in [1.807, 2.05) is 25.1 Å². The van der Waals surface area contributed by atoms with Crippen LogP contribution in [0.25, 0.3) is 0 Å². The summed E-state index contributed by atoms with van der Waals surface area (Å²) in [6, 6.07) is 16.7. The first kappa shape index (κ1) is 20.7. The fourth-order valence-electron chi connectivity index (χ4n) is 2.53. The highest BCUT2D eigenvalue weighted by atomic mass is 16.2. The minimum atomic E-state index is -0.504. The van der Waals surface area contributed by atoms with Gasteiger partial charge in [-0.1, -0.05) is 31.2 Å². The minimum absolute atomic E-state index is 0.0250. The number of anilines is 2. The zero-order valence-electron chi connectivity index (χ0n) is 16.2. The molecular weight excluding hydrogens is 352 g/mol. The lowest BCUT2D eigenvalue weighted by atomic mass is 10.1. The van der Waals surface area contributed by atoms with Crippen molar-refractivity contribution in [2.75, 3.05) is 10.6 Å². The number of carbonyl (C=O) groups is 2. The van der Waals surface area contributed by atoms with Crippen molar-refractivity contribution in [2.45, 2.75) is 33.2 Å². The lowest BCUT2D eigenvalue weighted by Gasteiger charge is -2.13. The number of carbonyl (C=O) groups excluding carboxylic acids is 2. The molecule has 2 aromatic rings. The highest BCUT2D eigenvalue weighted by Crippen LogP contribution is 2.16. The van der Waals surface area contributed by atoms with E-state index in [2.05, 4.69) is 35.0 Å². The maximum atomic E-state index is 12.3. The predicted molar refractivity (Wildman–Crippen MR) is 110 cm³/mol. The van der Waals surface area contributed by atoms with Crippen LogP contribution < -0.4 is 16.0 Å². The lowest BCUT2D eigenvalue weighted by molar-refractivity contribution is -0.114. The second kappa shape index (κ2) is 9.93. The summed E-state index contributed by atoms with van der Waals surface area (Å²) < 4.78 is 0. The van der Waals surface area contributed by atoms with E-state index in [4.69, 9.17) is 0 Å². The lowest BCUT2D eigenvalue weighted by Crippen LogP contribution is -2.18. The van der Waals surface area contributed by atoms with Gasteiger partial charge in [-0.15, -0.1) is 0 Å². The summed E-state index contributed by atoms with van der Waals surface area (Å²) in [6.07, 6.45) is 2.41. The monoisotopic (exact) mass is 376 g/mol. The Bertz CT molecular complexity index is 894. The molecule has 0 aliphatic carbocycles. The molecule has 0 aliphatic heterocycles. The third-order valence-corrected chi connectivity index (χ3v) is 4.19. The molecule has 0 aliphatic rings. The number of rotatable bonds is 7. The van der Waals surface area contributed by atoms with Crippen molar-refractivity contribution in [3.8, 4) is 6.07 Å². The van der Waals surface area contributed by atoms with Crippen molar-refractivity contribution >= 4 is 23.2 Å². The van der Waals surface area contributed by atoms with Crippen LogP contribution in [0.4, 0.5) is 11.4 Å². The summed E-state index contributed by atoms with van der Waals surface area (Å²) in [7, 11) is 0. The molecule has 0 fully saturated rings. The van der Waals surface area contributed by atoms with Crippen LogP contribution >= 0.6 is 0 Å². The summed E-state index contributed by atoms with van der Waals surface area (Å²) in [5, 5.41) is 17.7. The van der Waals surface area contributed by atoms with Gasteiger partial charge >= 0.3 is 0 Å². The quantitative estimate of drug-likeness (QED) is 0.504. The molecule has 1 unspecified atom stereocenters. The normalized spacial score (nSPS) is 11.9. The molecule has 0 aromatic heterocycles. The molecule has 28 heavy (non-hydrogen) atoms. The molecule has 2 amide bonds. The fourth-order valence-corrected chi connectivity index (χ4v) is 2.53. The summed E-state index contributed by atoms with van der Waals surface area (Å²) in [5.41, 5.74) is 3.46. The summed E-state index contributed by atoms with van der Waals surface area (Å²) in [4.78, 5) is 23.4. The van der Waals surface area contributed by atoms with Gasteiger partial charge in [-0.2, -0.15) is 5.26 Å². The first-order valence-corrected chi connectivity index (χ1v) is 9.07. The molecule has 6 nitrogen and oxygen atoms in total. The van der Waals surface area contributed by atoms with Crippen molar-refractivity contribution in [2.24, 2.45) is 0 Å². The molecule has 2 rings (SSSR count). The van der Waals surface area contributed by atoms with Crippen LogP contribution in [0, 0.1) is 11.3 Å². The molecule has 0 saturated carbocycles. The van der Waals surface area contributed by atoms with Gasteiger partial charge in [-0.05, 0) is 48.7 Å². The smallest absolute Gasteiger partial charge is 0.267 e. The number of amides is 2. The highest BCUT2D eigenvalue weighted by molar-refractivity contribution is 6.06. The van der Waals surface area contributed by atoms with Crippen LogP contribution in [0.5, 0.6) is 0 Å². The zero-order chi connectivity index (χ0) is 20.5. The van der Waals surface area contributed by atoms with Crippen LogP contribution in [0.2, 0.25) is 0 Å². The topological polar surface area (TPSA) is 94.0 Å². The van der Waals surface area contributed by atoms with E-state index >= 15 is 0 Å². The van der Waals surface area contributed by atoms with Gasteiger partial charge in [-0.25, -0.2) is 0 Å². The second-order valence-corrected chi connectivity index (χ2v) is 6.37. The zero-order valence-corrected chi connectivity index (χ0v) is 16.2. The average Bonchev–Trinajstić information content (AvgIpc) is 2.69. The number of hydrogen-bond donors (Lipinski definition) is 3. The van der Waals surface area contributed by atoms with Gasteiger partial charge < -0.3 is 16.0 Å². The van der Waals surface area contributed by atoms with E-state index in [0.717, 1.165) is 12.0 Å². The molecule has 2 aromatic carbocycles. The number of aryl methyl sites for hydroxylation is 1. The van der Waals surface area contributed by atoms with E-state index in [-0.39, 0.29) is 17.5 Å². The number of nitrogens with one attached hydrogen (secondary N) is 3. The summed E-state index contributed by atoms with van der Waals surface area (Å²) in [5.74, 6) is -0.674. The first-order chi connectivity index (χ1) is 13.4. The van der Waals surface area contributed by atoms with Gasteiger partial charge in [0.25, 0.3) is 5.91 Å². The minimum Gasteiger partial charge on any atom is -0.383 e. The third-order valence-electron chi connectivity index (χ3n) is 4.19. The van der Waals surface area contributed by atoms with Crippen molar-refractivity contribution < 1.29 is 9.59 Å². The SMILES string of the molecule is CCc1ccc(C(C)N/C=C(/C#N)C(=O)Nc2ccc(NC(C)=O)cc2)cc1. The molecule has 144 valence electrons. The molecule has 0 spiro atoms. The molecule has 0 bridgehead atoms. The molecular formula is C22H24N4O2. The van der Waals surface area contributed by atoms with E-state index in [9.17, 15) is 14.9 Å². The Labute approximate surface area is 165 Å². The molecule has 0 heterocycles.